The summed E-state index contributed by atoms with van der Waals surface area (Å²) in [7, 11) is -3.51. The van der Waals surface area contributed by atoms with Crippen molar-refractivity contribution in [2.75, 3.05) is 24.7 Å². The molecule has 0 atom stereocenters. The molecule has 0 bridgehead atoms. The first-order chi connectivity index (χ1) is 12.8. The van der Waals surface area contributed by atoms with Crippen molar-refractivity contribution in [2.45, 2.75) is 19.9 Å². The fraction of sp³-hybridized carbons (Fsp3) is 0.316. The molecule has 146 valence electrons. The van der Waals surface area contributed by atoms with Gasteiger partial charge in [-0.1, -0.05) is 12.1 Å². The lowest BCUT2D eigenvalue weighted by atomic mass is 10.2. The SMILES string of the molecule is CCOc1ccc(NC(=O)CCN(Cc2ccc(F)cc2)S(C)(=O)=O)cc1. The molecule has 2 aromatic carbocycles. The molecule has 0 spiro atoms. The molecule has 0 aliphatic heterocycles. The summed E-state index contributed by atoms with van der Waals surface area (Å²) in [6, 6.07) is 12.5. The van der Waals surface area contributed by atoms with Gasteiger partial charge < -0.3 is 10.1 Å². The Morgan fingerprint density at radius 3 is 2.30 bits per heavy atom. The molecular weight excluding hydrogens is 371 g/mol. The Morgan fingerprint density at radius 1 is 1.11 bits per heavy atom. The van der Waals surface area contributed by atoms with Crippen LogP contribution >= 0.6 is 0 Å². The van der Waals surface area contributed by atoms with E-state index < -0.39 is 10.0 Å². The largest absolute Gasteiger partial charge is 0.494 e. The minimum atomic E-state index is -3.51. The van der Waals surface area contributed by atoms with Crippen LogP contribution in [-0.2, 0) is 21.4 Å². The molecule has 1 N–H and O–H groups in total. The summed E-state index contributed by atoms with van der Waals surface area (Å²) in [6.07, 6.45) is 1.09. The highest BCUT2D eigenvalue weighted by atomic mass is 32.2. The molecule has 0 unspecified atom stereocenters. The summed E-state index contributed by atoms with van der Waals surface area (Å²) >= 11 is 0. The van der Waals surface area contributed by atoms with Crippen LogP contribution in [-0.4, -0.2) is 38.0 Å². The van der Waals surface area contributed by atoms with E-state index in [4.69, 9.17) is 4.74 Å². The van der Waals surface area contributed by atoms with Crippen molar-refractivity contribution < 1.29 is 22.3 Å². The summed E-state index contributed by atoms with van der Waals surface area (Å²) in [6.45, 7) is 2.55. The standard InChI is InChI=1S/C19H23FN2O4S/c1-3-26-18-10-8-17(9-11-18)21-19(23)12-13-22(27(2,24)25)14-15-4-6-16(20)7-5-15/h4-11H,3,12-14H2,1-2H3,(H,21,23). The molecule has 2 rings (SSSR count). The number of anilines is 1. The molecule has 8 heteroatoms. The van der Waals surface area contributed by atoms with Crippen molar-refractivity contribution in [1.82, 2.24) is 4.31 Å². The maximum absolute atomic E-state index is 13.0. The third kappa shape index (κ3) is 6.99. The maximum atomic E-state index is 13.0. The van der Waals surface area contributed by atoms with Gasteiger partial charge in [-0.15, -0.1) is 0 Å². The molecular formula is C19H23FN2O4S. The first-order valence-electron chi connectivity index (χ1n) is 8.50. The molecule has 0 heterocycles. The number of carbonyl (C=O) groups excluding carboxylic acids is 1. The Hall–Kier alpha value is -2.45. The average molecular weight is 394 g/mol. The normalized spacial score (nSPS) is 11.4. The van der Waals surface area contributed by atoms with E-state index in [9.17, 15) is 17.6 Å². The molecule has 0 aromatic heterocycles. The van der Waals surface area contributed by atoms with E-state index in [2.05, 4.69) is 5.32 Å². The first kappa shape index (κ1) is 20.9. The van der Waals surface area contributed by atoms with Crippen LogP contribution in [0.5, 0.6) is 5.75 Å². The zero-order valence-electron chi connectivity index (χ0n) is 15.3. The Labute approximate surface area is 159 Å². The van der Waals surface area contributed by atoms with E-state index in [0.29, 0.717) is 23.6 Å². The topological polar surface area (TPSA) is 75.7 Å². The quantitative estimate of drug-likeness (QED) is 0.709. The van der Waals surface area contributed by atoms with Crippen molar-refractivity contribution >= 4 is 21.6 Å². The van der Waals surface area contributed by atoms with Gasteiger partial charge in [-0.05, 0) is 48.9 Å². The Kier molecular flexibility index (Phi) is 7.32. The summed E-state index contributed by atoms with van der Waals surface area (Å²) in [5, 5.41) is 2.72. The zero-order chi connectivity index (χ0) is 19.9. The fourth-order valence-corrected chi connectivity index (χ4v) is 3.21. The number of rotatable bonds is 9. The maximum Gasteiger partial charge on any atom is 0.225 e. The third-order valence-electron chi connectivity index (χ3n) is 3.78. The fourth-order valence-electron chi connectivity index (χ4n) is 2.41. The van der Waals surface area contributed by atoms with Gasteiger partial charge in [-0.3, -0.25) is 4.79 Å². The van der Waals surface area contributed by atoms with E-state index in [1.54, 1.807) is 24.3 Å². The number of sulfonamides is 1. The van der Waals surface area contributed by atoms with Crippen molar-refractivity contribution in [3.05, 3.63) is 59.9 Å². The van der Waals surface area contributed by atoms with E-state index in [0.717, 1.165) is 6.26 Å². The smallest absolute Gasteiger partial charge is 0.225 e. The van der Waals surface area contributed by atoms with Gasteiger partial charge in [0.1, 0.15) is 11.6 Å². The number of hydrogen-bond acceptors (Lipinski definition) is 4. The number of carbonyl (C=O) groups is 1. The number of nitrogens with one attached hydrogen (secondary N) is 1. The summed E-state index contributed by atoms with van der Waals surface area (Å²) in [4.78, 5) is 12.1. The van der Waals surface area contributed by atoms with Crippen LogP contribution in [0, 0.1) is 5.82 Å². The number of amides is 1. The minimum absolute atomic E-state index is 0.00146. The highest BCUT2D eigenvalue weighted by Gasteiger charge is 2.18. The minimum Gasteiger partial charge on any atom is -0.494 e. The predicted molar refractivity (Wildman–Crippen MR) is 103 cm³/mol. The van der Waals surface area contributed by atoms with Crippen LogP contribution in [0.2, 0.25) is 0 Å². The summed E-state index contributed by atoms with van der Waals surface area (Å²) in [5.74, 6) is 0.0179. The second kappa shape index (κ2) is 9.48. The molecule has 0 saturated heterocycles. The number of ether oxygens (including phenoxy) is 1. The lowest BCUT2D eigenvalue weighted by Gasteiger charge is -2.20. The second-order valence-corrected chi connectivity index (χ2v) is 7.96. The highest BCUT2D eigenvalue weighted by Crippen LogP contribution is 2.16. The van der Waals surface area contributed by atoms with Crippen molar-refractivity contribution in [3.8, 4) is 5.75 Å². The van der Waals surface area contributed by atoms with Crippen molar-refractivity contribution in [1.29, 1.82) is 0 Å². The van der Waals surface area contributed by atoms with Gasteiger partial charge >= 0.3 is 0 Å². The lowest BCUT2D eigenvalue weighted by molar-refractivity contribution is -0.116. The van der Waals surface area contributed by atoms with Crippen LogP contribution in [0.1, 0.15) is 18.9 Å². The van der Waals surface area contributed by atoms with Gasteiger partial charge in [-0.2, -0.15) is 4.31 Å². The molecule has 0 aliphatic carbocycles. The van der Waals surface area contributed by atoms with Crippen LogP contribution < -0.4 is 10.1 Å². The van der Waals surface area contributed by atoms with Gasteiger partial charge in [0, 0.05) is 25.2 Å². The number of nitrogens with zero attached hydrogens (tertiary/aromatic N) is 1. The van der Waals surface area contributed by atoms with Crippen molar-refractivity contribution in [2.24, 2.45) is 0 Å². The van der Waals surface area contributed by atoms with Gasteiger partial charge in [0.25, 0.3) is 0 Å². The van der Waals surface area contributed by atoms with Gasteiger partial charge in [0.15, 0.2) is 0 Å². The van der Waals surface area contributed by atoms with Crippen LogP contribution in [0.25, 0.3) is 0 Å². The molecule has 27 heavy (non-hydrogen) atoms. The predicted octanol–water partition coefficient (Wildman–Crippen LogP) is 3.01. The van der Waals surface area contributed by atoms with E-state index >= 15 is 0 Å². The third-order valence-corrected chi connectivity index (χ3v) is 5.03. The van der Waals surface area contributed by atoms with Crippen LogP contribution in [0.4, 0.5) is 10.1 Å². The Balaban J connectivity index is 1.93. The number of benzene rings is 2. The van der Waals surface area contributed by atoms with Gasteiger partial charge in [0.2, 0.25) is 15.9 Å². The van der Waals surface area contributed by atoms with Crippen molar-refractivity contribution in [3.63, 3.8) is 0 Å². The highest BCUT2D eigenvalue weighted by molar-refractivity contribution is 7.88. The van der Waals surface area contributed by atoms with Crippen LogP contribution in [0.15, 0.2) is 48.5 Å². The summed E-state index contributed by atoms with van der Waals surface area (Å²) in [5.41, 5.74) is 1.25. The molecule has 0 fully saturated rings. The van der Waals surface area contributed by atoms with E-state index in [1.807, 2.05) is 6.92 Å². The molecule has 0 radical (unpaired) electrons. The molecule has 2 aromatic rings. The first-order valence-corrected chi connectivity index (χ1v) is 10.3. The molecule has 6 nitrogen and oxygen atoms in total. The second-order valence-electron chi connectivity index (χ2n) is 5.98. The van der Waals surface area contributed by atoms with E-state index in [1.165, 1.54) is 28.6 Å². The van der Waals surface area contributed by atoms with E-state index in [-0.39, 0.29) is 31.2 Å². The van der Waals surface area contributed by atoms with Crippen LogP contribution in [0.3, 0.4) is 0 Å². The van der Waals surface area contributed by atoms with Gasteiger partial charge in [-0.25, -0.2) is 12.8 Å². The number of halogens is 1. The zero-order valence-corrected chi connectivity index (χ0v) is 16.1. The number of hydrogen-bond donors (Lipinski definition) is 1. The summed E-state index contributed by atoms with van der Waals surface area (Å²) < 4.78 is 43.5. The average Bonchev–Trinajstić information content (AvgIpc) is 2.61. The Bertz CT molecular complexity index is 852. The molecule has 1 amide bonds. The lowest BCUT2D eigenvalue weighted by Crippen LogP contribution is -2.32. The Morgan fingerprint density at radius 2 is 1.74 bits per heavy atom. The van der Waals surface area contributed by atoms with Gasteiger partial charge in [0.05, 0.1) is 12.9 Å². The monoisotopic (exact) mass is 394 g/mol. The molecule has 0 saturated carbocycles. The molecule has 0 aliphatic rings.